The first-order valence-corrected chi connectivity index (χ1v) is 7.83. The van der Waals surface area contributed by atoms with Crippen LogP contribution < -0.4 is 0 Å². The maximum absolute atomic E-state index is 13.3. The van der Waals surface area contributed by atoms with E-state index in [1.807, 2.05) is 18.2 Å². The van der Waals surface area contributed by atoms with Gasteiger partial charge in [0.15, 0.2) is 5.01 Å². The molecule has 0 radical (unpaired) electrons. The first kappa shape index (κ1) is 14.1. The monoisotopic (exact) mass is 361 g/mol. The molecule has 0 aliphatic rings. The summed E-state index contributed by atoms with van der Waals surface area (Å²) in [6.45, 7) is 0. The van der Waals surface area contributed by atoms with Crippen molar-refractivity contribution in [1.29, 1.82) is 0 Å². The molecular formula is C16H9BrFNOS. The summed E-state index contributed by atoms with van der Waals surface area (Å²) in [6.07, 6.45) is 0. The van der Waals surface area contributed by atoms with Crippen LogP contribution in [0.5, 0.6) is 0 Å². The molecule has 0 atom stereocenters. The quantitative estimate of drug-likeness (QED) is 0.618. The minimum atomic E-state index is -0.324. The van der Waals surface area contributed by atoms with E-state index in [9.17, 15) is 9.18 Å². The number of thiazole rings is 1. The fourth-order valence-corrected chi connectivity index (χ4v) is 3.05. The lowest BCUT2D eigenvalue weighted by Crippen LogP contribution is -2.00. The molecule has 1 heterocycles. The van der Waals surface area contributed by atoms with Crippen LogP contribution in [0.4, 0.5) is 4.39 Å². The molecule has 104 valence electrons. The molecular weight excluding hydrogens is 353 g/mol. The number of halogens is 2. The van der Waals surface area contributed by atoms with E-state index in [1.165, 1.54) is 17.4 Å². The number of aromatic nitrogens is 1. The van der Waals surface area contributed by atoms with Crippen LogP contribution in [-0.2, 0) is 0 Å². The van der Waals surface area contributed by atoms with Crippen LogP contribution in [0, 0.1) is 5.82 Å². The molecule has 0 amide bonds. The first-order valence-electron chi connectivity index (χ1n) is 6.16. The van der Waals surface area contributed by atoms with E-state index in [1.54, 1.807) is 29.6 Å². The number of rotatable bonds is 3. The highest BCUT2D eigenvalue weighted by atomic mass is 79.9. The molecule has 21 heavy (non-hydrogen) atoms. The second-order valence-corrected chi connectivity index (χ2v) is 6.07. The highest BCUT2D eigenvalue weighted by molar-refractivity contribution is 9.10. The zero-order chi connectivity index (χ0) is 14.8. The summed E-state index contributed by atoms with van der Waals surface area (Å²) in [5.41, 5.74) is 2.05. The maximum Gasteiger partial charge on any atom is 0.221 e. The molecule has 3 aromatic rings. The molecule has 0 unspecified atom stereocenters. The summed E-state index contributed by atoms with van der Waals surface area (Å²) >= 11 is 4.44. The van der Waals surface area contributed by atoms with Crippen molar-refractivity contribution in [3.8, 4) is 11.3 Å². The van der Waals surface area contributed by atoms with Gasteiger partial charge in [-0.3, -0.25) is 4.79 Å². The third kappa shape index (κ3) is 2.94. The highest BCUT2D eigenvalue weighted by Crippen LogP contribution is 2.27. The van der Waals surface area contributed by atoms with E-state index < -0.39 is 0 Å². The van der Waals surface area contributed by atoms with E-state index in [4.69, 9.17) is 0 Å². The van der Waals surface area contributed by atoms with Crippen molar-refractivity contribution in [1.82, 2.24) is 4.98 Å². The first-order chi connectivity index (χ1) is 10.1. The third-order valence-electron chi connectivity index (χ3n) is 2.95. The molecule has 2 nitrogen and oxygen atoms in total. The van der Waals surface area contributed by atoms with Crippen LogP contribution in [0.3, 0.4) is 0 Å². The van der Waals surface area contributed by atoms with Gasteiger partial charge >= 0.3 is 0 Å². The zero-order valence-electron chi connectivity index (χ0n) is 10.7. The van der Waals surface area contributed by atoms with Gasteiger partial charge in [0.05, 0.1) is 10.2 Å². The van der Waals surface area contributed by atoms with Crippen LogP contribution >= 0.6 is 27.3 Å². The van der Waals surface area contributed by atoms with E-state index in [0.717, 1.165) is 5.56 Å². The number of ketones is 1. The van der Waals surface area contributed by atoms with E-state index in [-0.39, 0.29) is 11.6 Å². The largest absolute Gasteiger partial charge is 0.286 e. The van der Waals surface area contributed by atoms with Crippen molar-refractivity contribution < 1.29 is 9.18 Å². The van der Waals surface area contributed by atoms with Crippen molar-refractivity contribution >= 4 is 33.0 Å². The van der Waals surface area contributed by atoms with Gasteiger partial charge in [0.1, 0.15) is 5.82 Å². The molecule has 0 aliphatic heterocycles. The normalized spacial score (nSPS) is 10.6. The van der Waals surface area contributed by atoms with Gasteiger partial charge in [-0.05, 0) is 34.1 Å². The predicted molar refractivity (Wildman–Crippen MR) is 85.1 cm³/mol. The Balaban J connectivity index is 1.93. The molecule has 3 rings (SSSR count). The highest BCUT2D eigenvalue weighted by Gasteiger charge is 2.14. The molecule has 2 aromatic carbocycles. The van der Waals surface area contributed by atoms with Gasteiger partial charge in [0, 0.05) is 16.5 Å². The molecule has 0 N–H and O–H groups in total. The molecule has 0 aliphatic carbocycles. The van der Waals surface area contributed by atoms with Crippen molar-refractivity contribution in [2.75, 3.05) is 0 Å². The number of benzene rings is 2. The van der Waals surface area contributed by atoms with Crippen molar-refractivity contribution in [2.24, 2.45) is 0 Å². The smallest absolute Gasteiger partial charge is 0.221 e. The summed E-state index contributed by atoms with van der Waals surface area (Å²) < 4.78 is 13.6. The van der Waals surface area contributed by atoms with Crippen LogP contribution in [0.2, 0.25) is 0 Å². The maximum atomic E-state index is 13.3. The lowest BCUT2D eigenvalue weighted by atomic mass is 10.1. The molecule has 0 saturated heterocycles. The molecule has 0 spiro atoms. The minimum absolute atomic E-state index is 0.104. The second-order valence-electron chi connectivity index (χ2n) is 4.36. The molecule has 1 aromatic heterocycles. The predicted octanol–water partition coefficient (Wildman–Crippen LogP) is 4.94. The summed E-state index contributed by atoms with van der Waals surface area (Å²) in [4.78, 5) is 16.6. The average Bonchev–Trinajstić information content (AvgIpc) is 3.00. The van der Waals surface area contributed by atoms with Gasteiger partial charge in [-0.25, -0.2) is 9.37 Å². The van der Waals surface area contributed by atoms with Gasteiger partial charge < -0.3 is 0 Å². The fraction of sp³-hybridized carbons (Fsp3) is 0. The molecule has 0 fully saturated rings. The Morgan fingerprint density at radius 2 is 1.90 bits per heavy atom. The van der Waals surface area contributed by atoms with Crippen molar-refractivity contribution in [3.05, 3.63) is 74.8 Å². The van der Waals surface area contributed by atoms with E-state index in [0.29, 0.717) is 20.7 Å². The number of carbonyl (C=O) groups excluding carboxylic acids is 1. The van der Waals surface area contributed by atoms with Gasteiger partial charge in [0.2, 0.25) is 5.78 Å². The summed E-state index contributed by atoms with van der Waals surface area (Å²) in [6, 6.07) is 13.7. The molecule has 0 bridgehead atoms. The third-order valence-corrected chi connectivity index (χ3v) is 4.40. The van der Waals surface area contributed by atoms with Gasteiger partial charge in [-0.15, -0.1) is 11.3 Å². The van der Waals surface area contributed by atoms with Crippen LogP contribution in [0.15, 0.2) is 58.4 Å². The SMILES string of the molecule is O=C(c1ccccc1)c1nc(-c2ccc(F)c(Br)c2)cs1. The van der Waals surface area contributed by atoms with Crippen LogP contribution in [0.1, 0.15) is 15.4 Å². The number of nitrogens with zero attached hydrogens (tertiary/aromatic N) is 1. The van der Waals surface area contributed by atoms with Crippen LogP contribution in [0.25, 0.3) is 11.3 Å². The fourth-order valence-electron chi connectivity index (χ4n) is 1.88. The van der Waals surface area contributed by atoms with E-state index >= 15 is 0 Å². The Kier molecular flexibility index (Phi) is 3.94. The Labute approximate surface area is 133 Å². The lowest BCUT2D eigenvalue weighted by Gasteiger charge is -1.99. The lowest BCUT2D eigenvalue weighted by molar-refractivity contribution is 0.103. The molecule has 0 saturated carbocycles. The Bertz CT molecular complexity index is 801. The number of carbonyl (C=O) groups is 1. The average molecular weight is 362 g/mol. The number of hydrogen-bond acceptors (Lipinski definition) is 3. The standard InChI is InChI=1S/C16H9BrFNOS/c17-12-8-11(6-7-13(12)18)14-9-21-16(19-14)15(20)10-4-2-1-3-5-10/h1-9H. The zero-order valence-corrected chi connectivity index (χ0v) is 13.1. The summed E-state index contributed by atoms with van der Waals surface area (Å²) in [7, 11) is 0. The Morgan fingerprint density at radius 3 is 2.62 bits per heavy atom. The number of hydrogen-bond donors (Lipinski definition) is 0. The summed E-state index contributed by atoms with van der Waals surface area (Å²) in [5, 5.41) is 2.23. The topological polar surface area (TPSA) is 30.0 Å². The Morgan fingerprint density at radius 1 is 1.14 bits per heavy atom. The molecule has 5 heteroatoms. The van der Waals surface area contributed by atoms with Gasteiger partial charge in [-0.2, -0.15) is 0 Å². The van der Waals surface area contributed by atoms with Gasteiger partial charge in [-0.1, -0.05) is 30.3 Å². The Hall–Kier alpha value is -1.85. The van der Waals surface area contributed by atoms with E-state index in [2.05, 4.69) is 20.9 Å². The van der Waals surface area contributed by atoms with Crippen molar-refractivity contribution in [2.45, 2.75) is 0 Å². The summed E-state index contributed by atoms with van der Waals surface area (Å²) in [5.74, 6) is -0.428. The minimum Gasteiger partial charge on any atom is -0.286 e. The van der Waals surface area contributed by atoms with Crippen molar-refractivity contribution in [3.63, 3.8) is 0 Å². The second kappa shape index (κ2) is 5.87. The van der Waals surface area contributed by atoms with Crippen LogP contribution in [-0.4, -0.2) is 10.8 Å². The van der Waals surface area contributed by atoms with Gasteiger partial charge in [0.25, 0.3) is 0 Å².